The van der Waals surface area contributed by atoms with Crippen LogP contribution in [-0.2, 0) is 4.74 Å². The summed E-state index contributed by atoms with van der Waals surface area (Å²) in [6.07, 6.45) is -0.516. The molecule has 0 aromatic heterocycles. The lowest BCUT2D eigenvalue weighted by Crippen LogP contribution is -2.12. The summed E-state index contributed by atoms with van der Waals surface area (Å²) < 4.78 is 11.8. The van der Waals surface area contributed by atoms with Gasteiger partial charge in [0.05, 0.1) is 0 Å². The van der Waals surface area contributed by atoms with E-state index in [0.717, 1.165) is 16.7 Å². The maximum absolute atomic E-state index is 12.8. The van der Waals surface area contributed by atoms with Gasteiger partial charge in [-0.25, -0.2) is 4.79 Å². The van der Waals surface area contributed by atoms with Crippen LogP contribution < -0.4 is 4.74 Å². The molecule has 3 aromatic rings. The number of benzene rings is 3. The van der Waals surface area contributed by atoms with Crippen LogP contribution in [0.2, 0.25) is 0 Å². The van der Waals surface area contributed by atoms with Gasteiger partial charge in [0.1, 0.15) is 23.5 Å². The fourth-order valence-electron chi connectivity index (χ4n) is 3.13. The van der Waals surface area contributed by atoms with Crippen LogP contribution in [0.5, 0.6) is 5.75 Å². The standard InChI is InChI=1S/C25H26O3/c1-17-9-7-11-21(15-17)19(3)27-24-14-6-5-13-23(24)25(26)28-20(4)22-12-8-10-18(2)16-22/h5-16,19-20H,1-4H3. The van der Waals surface area contributed by atoms with Gasteiger partial charge in [-0.1, -0.05) is 71.8 Å². The van der Waals surface area contributed by atoms with Gasteiger partial charge in [-0.2, -0.15) is 0 Å². The Morgan fingerprint density at radius 2 is 1.32 bits per heavy atom. The summed E-state index contributed by atoms with van der Waals surface area (Å²) in [6.45, 7) is 7.93. The van der Waals surface area contributed by atoms with Gasteiger partial charge < -0.3 is 9.47 Å². The first-order chi connectivity index (χ1) is 13.4. The summed E-state index contributed by atoms with van der Waals surface area (Å²) in [5.74, 6) is 0.138. The molecule has 28 heavy (non-hydrogen) atoms. The fraction of sp³-hybridized carbons (Fsp3) is 0.240. The molecule has 0 radical (unpaired) electrons. The topological polar surface area (TPSA) is 35.5 Å². The number of aryl methyl sites for hydroxylation is 2. The summed E-state index contributed by atoms with van der Waals surface area (Å²) in [4.78, 5) is 12.8. The van der Waals surface area contributed by atoms with E-state index in [-0.39, 0.29) is 18.2 Å². The van der Waals surface area contributed by atoms with Gasteiger partial charge in [-0.3, -0.25) is 0 Å². The molecule has 3 heteroatoms. The molecule has 0 amide bonds. The lowest BCUT2D eigenvalue weighted by Gasteiger charge is -2.19. The Balaban J connectivity index is 1.76. The average molecular weight is 374 g/mol. The summed E-state index contributed by atoms with van der Waals surface area (Å²) in [6, 6.07) is 23.4. The zero-order valence-corrected chi connectivity index (χ0v) is 16.8. The molecule has 2 unspecified atom stereocenters. The molecule has 0 aliphatic heterocycles. The lowest BCUT2D eigenvalue weighted by atomic mass is 10.1. The summed E-state index contributed by atoms with van der Waals surface area (Å²) >= 11 is 0. The van der Waals surface area contributed by atoms with Crippen molar-refractivity contribution < 1.29 is 14.3 Å². The van der Waals surface area contributed by atoms with Crippen molar-refractivity contribution in [1.82, 2.24) is 0 Å². The summed E-state index contributed by atoms with van der Waals surface area (Å²) in [7, 11) is 0. The van der Waals surface area contributed by atoms with E-state index in [9.17, 15) is 4.79 Å². The Kier molecular flexibility index (Phi) is 6.15. The highest BCUT2D eigenvalue weighted by molar-refractivity contribution is 5.92. The molecule has 3 aromatic carbocycles. The Hall–Kier alpha value is -3.07. The molecule has 0 bridgehead atoms. The van der Waals surface area contributed by atoms with Crippen LogP contribution in [0.3, 0.4) is 0 Å². The van der Waals surface area contributed by atoms with E-state index in [1.807, 2.05) is 82.3 Å². The van der Waals surface area contributed by atoms with Crippen molar-refractivity contribution in [1.29, 1.82) is 0 Å². The second-order valence-electron chi connectivity index (χ2n) is 7.13. The van der Waals surface area contributed by atoms with Crippen molar-refractivity contribution in [2.24, 2.45) is 0 Å². The van der Waals surface area contributed by atoms with Crippen molar-refractivity contribution >= 4 is 5.97 Å². The van der Waals surface area contributed by atoms with Crippen LogP contribution >= 0.6 is 0 Å². The number of hydrogen-bond donors (Lipinski definition) is 0. The molecule has 3 nitrogen and oxygen atoms in total. The lowest BCUT2D eigenvalue weighted by molar-refractivity contribution is 0.0331. The van der Waals surface area contributed by atoms with Crippen molar-refractivity contribution in [2.45, 2.75) is 39.9 Å². The molecule has 0 N–H and O–H groups in total. The molecular weight excluding hydrogens is 348 g/mol. The van der Waals surface area contributed by atoms with Crippen LogP contribution in [0.1, 0.15) is 58.7 Å². The Bertz CT molecular complexity index is 961. The van der Waals surface area contributed by atoms with E-state index in [0.29, 0.717) is 11.3 Å². The highest BCUT2D eigenvalue weighted by Gasteiger charge is 2.19. The number of para-hydroxylation sites is 1. The maximum atomic E-state index is 12.8. The molecule has 0 saturated heterocycles. The second kappa shape index (κ2) is 8.75. The number of ether oxygens (including phenoxy) is 2. The first-order valence-corrected chi connectivity index (χ1v) is 9.54. The molecule has 3 rings (SSSR count). The van der Waals surface area contributed by atoms with Crippen LogP contribution in [0.4, 0.5) is 0 Å². The fourth-order valence-corrected chi connectivity index (χ4v) is 3.13. The Morgan fingerprint density at radius 1 is 0.750 bits per heavy atom. The molecule has 2 atom stereocenters. The maximum Gasteiger partial charge on any atom is 0.342 e. The Morgan fingerprint density at radius 3 is 1.93 bits per heavy atom. The molecular formula is C25H26O3. The average Bonchev–Trinajstić information content (AvgIpc) is 2.68. The molecule has 144 valence electrons. The highest BCUT2D eigenvalue weighted by Crippen LogP contribution is 2.28. The van der Waals surface area contributed by atoms with Gasteiger partial charge in [-0.05, 0) is 51.0 Å². The summed E-state index contributed by atoms with van der Waals surface area (Å²) in [5, 5.41) is 0. The van der Waals surface area contributed by atoms with E-state index in [1.165, 1.54) is 5.56 Å². The largest absolute Gasteiger partial charge is 0.485 e. The first kappa shape index (κ1) is 19.7. The minimum absolute atomic E-state index is 0.178. The van der Waals surface area contributed by atoms with E-state index in [4.69, 9.17) is 9.47 Å². The van der Waals surface area contributed by atoms with E-state index < -0.39 is 0 Å². The van der Waals surface area contributed by atoms with E-state index >= 15 is 0 Å². The molecule has 0 fully saturated rings. The molecule has 0 heterocycles. The quantitative estimate of drug-likeness (QED) is 0.471. The number of esters is 1. The van der Waals surface area contributed by atoms with Crippen LogP contribution in [-0.4, -0.2) is 5.97 Å². The van der Waals surface area contributed by atoms with Crippen molar-refractivity contribution in [3.05, 3.63) is 101 Å². The predicted octanol–water partition coefficient (Wildman–Crippen LogP) is 6.36. The van der Waals surface area contributed by atoms with Gasteiger partial charge in [-0.15, -0.1) is 0 Å². The van der Waals surface area contributed by atoms with Crippen molar-refractivity contribution in [3.63, 3.8) is 0 Å². The highest BCUT2D eigenvalue weighted by atomic mass is 16.5. The number of carbonyl (C=O) groups is 1. The smallest absolute Gasteiger partial charge is 0.342 e. The first-order valence-electron chi connectivity index (χ1n) is 9.54. The minimum atomic E-state index is -0.388. The van der Waals surface area contributed by atoms with Gasteiger partial charge in [0.2, 0.25) is 0 Å². The minimum Gasteiger partial charge on any atom is -0.485 e. The van der Waals surface area contributed by atoms with Gasteiger partial charge >= 0.3 is 5.97 Å². The molecule has 0 aliphatic rings. The predicted molar refractivity (Wildman–Crippen MR) is 112 cm³/mol. The van der Waals surface area contributed by atoms with Crippen LogP contribution in [0.15, 0.2) is 72.8 Å². The van der Waals surface area contributed by atoms with Crippen molar-refractivity contribution in [2.75, 3.05) is 0 Å². The number of carbonyl (C=O) groups excluding carboxylic acids is 1. The van der Waals surface area contributed by atoms with Crippen LogP contribution in [0.25, 0.3) is 0 Å². The SMILES string of the molecule is Cc1cccc(C(C)OC(=O)c2ccccc2OC(C)c2cccc(C)c2)c1. The normalized spacial score (nSPS) is 12.9. The molecule has 0 aliphatic carbocycles. The van der Waals surface area contributed by atoms with E-state index in [1.54, 1.807) is 12.1 Å². The van der Waals surface area contributed by atoms with Gasteiger partial charge in [0, 0.05) is 0 Å². The third kappa shape index (κ3) is 4.80. The molecule has 0 saturated carbocycles. The summed E-state index contributed by atoms with van der Waals surface area (Å²) in [5.41, 5.74) is 4.78. The zero-order valence-electron chi connectivity index (χ0n) is 16.8. The van der Waals surface area contributed by atoms with Gasteiger partial charge in [0.25, 0.3) is 0 Å². The third-order valence-electron chi connectivity index (χ3n) is 4.72. The number of rotatable bonds is 6. The number of hydrogen-bond acceptors (Lipinski definition) is 3. The third-order valence-corrected chi connectivity index (χ3v) is 4.72. The monoisotopic (exact) mass is 374 g/mol. The molecule has 0 spiro atoms. The van der Waals surface area contributed by atoms with Gasteiger partial charge in [0.15, 0.2) is 0 Å². The zero-order chi connectivity index (χ0) is 20.1. The van der Waals surface area contributed by atoms with Crippen molar-refractivity contribution in [3.8, 4) is 5.75 Å². The Labute approximate surface area is 166 Å². The van der Waals surface area contributed by atoms with E-state index in [2.05, 4.69) is 6.07 Å². The second-order valence-corrected chi connectivity index (χ2v) is 7.13. The van der Waals surface area contributed by atoms with Crippen LogP contribution in [0, 0.1) is 13.8 Å².